The van der Waals surface area contributed by atoms with Gasteiger partial charge >= 0.3 is 5.97 Å². The predicted molar refractivity (Wildman–Crippen MR) is 87.5 cm³/mol. The summed E-state index contributed by atoms with van der Waals surface area (Å²) in [6, 6.07) is 6.63. The second-order valence-electron chi connectivity index (χ2n) is 5.73. The first kappa shape index (κ1) is 18.3. The molecular formula is C16H21NO6S. The lowest BCUT2D eigenvalue weighted by atomic mass is 10.1. The Balaban J connectivity index is 1.86. The van der Waals surface area contributed by atoms with Crippen molar-refractivity contribution in [1.29, 1.82) is 0 Å². The quantitative estimate of drug-likeness (QED) is 0.745. The molecule has 1 heterocycles. The molecule has 0 saturated carbocycles. The molecule has 0 radical (unpaired) electrons. The van der Waals surface area contributed by atoms with Crippen LogP contribution in [0.5, 0.6) is 5.75 Å². The molecule has 1 aliphatic heterocycles. The molecular weight excluding hydrogens is 334 g/mol. The molecule has 0 bridgehead atoms. The number of para-hydroxylation sites is 1. The van der Waals surface area contributed by atoms with Crippen LogP contribution < -0.4 is 10.1 Å². The SMILES string of the molecule is COc1ccccc1CC(=O)O[C@@H](C)C(=O)N[C@@H]1CCS(=O)(=O)C1. The normalized spacial score (nSPS) is 20.2. The smallest absolute Gasteiger partial charge is 0.311 e. The monoisotopic (exact) mass is 355 g/mol. The number of rotatable bonds is 6. The first-order chi connectivity index (χ1) is 11.3. The number of benzene rings is 1. The predicted octanol–water partition coefficient (Wildman–Crippen LogP) is 0.473. The number of methoxy groups -OCH3 is 1. The molecule has 1 N–H and O–H groups in total. The van der Waals surface area contributed by atoms with Crippen LogP contribution in [0.4, 0.5) is 0 Å². The summed E-state index contributed by atoms with van der Waals surface area (Å²) in [5.41, 5.74) is 0.666. The third kappa shape index (κ3) is 4.95. The lowest BCUT2D eigenvalue weighted by Gasteiger charge is -2.17. The second kappa shape index (κ2) is 7.65. The fourth-order valence-electron chi connectivity index (χ4n) is 2.52. The van der Waals surface area contributed by atoms with Gasteiger partial charge in [0.2, 0.25) is 0 Å². The number of amides is 1. The van der Waals surface area contributed by atoms with Crippen molar-refractivity contribution in [3.63, 3.8) is 0 Å². The molecule has 1 aromatic rings. The van der Waals surface area contributed by atoms with E-state index in [4.69, 9.17) is 9.47 Å². The molecule has 0 unspecified atom stereocenters. The Hall–Kier alpha value is -2.09. The minimum atomic E-state index is -3.07. The van der Waals surface area contributed by atoms with Crippen LogP contribution in [0.3, 0.4) is 0 Å². The van der Waals surface area contributed by atoms with E-state index in [0.717, 1.165) is 0 Å². The van der Waals surface area contributed by atoms with Crippen LogP contribution in [0.25, 0.3) is 0 Å². The number of esters is 1. The zero-order valence-corrected chi connectivity index (χ0v) is 14.5. The number of hydrogen-bond donors (Lipinski definition) is 1. The average molecular weight is 355 g/mol. The van der Waals surface area contributed by atoms with Gasteiger partial charge in [-0.05, 0) is 19.4 Å². The molecule has 24 heavy (non-hydrogen) atoms. The van der Waals surface area contributed by atoms with E-state index in [9.17, 15) is 18.0 Å². The summed E-state index contributed by atoms with van der Waals surface area (Å²) < 4.78 is 33.1. The Labute approximate surface area is 141 Å². The summed E-state index contributed by atoms with van der Waals surface area (Å²) in [7, 11) is -1.56. The molecule has 0 aliphatic carbocycles. The van der Waals surface area contributed by atoms with Crippen molar-refractivity contribution >= 4 is 21.7 Å². The molecule has 0 aromatic heterocycles. The van der Waals surface area contributed by atoms with E-state index < -0.39 is 33.9 Å². The Morgan fingerprint density at radius 2 is 2.04 bits per heavy atom. The summed E-state index contributed by atoms with van der Waals surface area (Å²) in [5.74, 6) is -0.477. The van der Waals surface area contributed by atoms with Gasteiger partial charge in [0.25, 0.3) is 5.91 Å². The summed E-state index contributed by atoms with van der Waals surface area (Å²) >= 11 is 0. The third-order valence-electron chi connectivity index (χ3n) is 3.78. The zero-order chi connectivity index (χ0) is 17.7. The van der Waals surface area contributed by atoms with Crippen molar-refractivity contribution < 1.29 is 27.5 Å². The molecule has 2 atom stereocenters. The molecule has 1 saturated heterocycles. The molecule has 7 nitrogen and oxygen atoms in total. The maximum atomic E-state index is 12.0. The van der Waals surface area contributed by atoms with E-state index in [1.807, 2.05) is 0 Å². The fourth-order valence-corrected chi connectivity index (χ4v) is 4.20. The maximum absolute atomic E-state index is 12.0. The van der Waals surface area contributed by atoms with Gasteiger partial charge < -0.3 is 14.8 Å². The van der Waals surface area contributed by atoms with Gasteiger partial charge in [0.15, 0.2) is 15.9 Å². The number of ether oxygens (including phenoxy) is 2. The molecule has 1 aliphatic rings. The lowest BCUT2D eigenvalue weighted by Crippen LogP contribution is -2.42. The highest BCUT2D eigenvalue weighted by atomic mass is 32.2. The number of hydrogen-bond acceptors (Lipinski definition) is 6. The van der Waals surface area contributed by atoms with Crippen LogP contribution in [0, 0.1) is 0 Å². The number of carbonyl (C=O) groups excluding carboxylic acids is 2. The molecule has 8 heteroatoms. The maximum Gasteiger partial charge on any atom is 0.311 e. The van der Waals surface area contributed by atoms with Gasteiger partial charge in [0.05, 0.1) is 25.0 Å². The van der Waals surface area contributed by atoms with E-state index in [0.29, 0.717) is 17.7 Å². The number of nitrogens with one attached hydrogen (secondary N) is 1. The van der Waals surface area contributed by atoms with E-state index in [1.165, 1.54) is 14.0 Å². The van der Waals surface area contributed by atoms with Gasteiger partial charge in [0, 0.05) is 11.6 Å². The van der Waals surface area contributed by atoms with Gasteiger partial charge in [-0.2, -0.15) is 0 Å². The van der Waals surface area contributed by atoms with Gasteiger partial charge in [-0.1, -0.05) is 18.2 Å². The summed E-state index contributed by atoms with van der Waals surface area (Å²) in [5, 5.41) is 2.61. The first-order valence-electron chi connectivity index (χ1n) is 7.63. The van der Waals surface area contributed by atoms with Gasteiger partial charge in [-0.3, -0.25) is 9.59 Å². The third-order valence-corrected chi connectivity index (χ3v) is 5.55. The van der Waals surface area contributed by atoms with Crippen LogP contribution in [0.1, 0.15) is 18.9 Å². The Morgan fingerprint density at radius 3 is 2.67 bits per heavy atom. The highest BCUT2D eigenvalue weighted by Crippen LogP contribution is 2.18. The topological polar surface area (TPSA) is 98.8 Å². The number of carbonyl (C=O) groups is 2. The van der Waals surface area contributed by atoms with Crippen molar-refractivity contribution in [2.45, 2.75) is 31.9 Å². The van der Waals surface area contributed by atoms with E-state index >= 15 is 0 Å². The Bertz CT molecular complexity index is 715. The summed E-state index contributed by atoms with van der Waals surface area (Å²) in [6.45, 7) is 1.46. The van der Waals surface area contributed by atoms with Crippen LogP contribution in [0.2, 0.25) is 0 Å². The van der Waals surface area contributed by atoms with Crippen molar-refractivity contribution in [2.24, 2.45) is 0 Å². The first-order valence-corrected chi connectivity index (χ1v) is 9.45. The molecule has 2 rings (SSSR count). The van der Waals surface area contributed by atoms with E-state index in [-0.39, 0.29) is 17.9 Å². The fraction of sp³-hybridized carbons (Fsp3) is 0.500. The highest BCUT2D eigenvalue weighted by Gasteiger charge is 2.30. The molecule has 1 aromatic carbocycles. The minimum absolute atomic E-state index is 0.0144. The van der Waals surface area contributed by atoms with Crippen LogP contribution in [0.15, 0.2) is 24.3 Å². The van der Waals surface area contributed by atoms with Gasteiger partial charge in [0.1, 0.15) is 5.75 Å². The van der Waals surface area contributed by atoms with Gasteiger partial charge in [-0.25, -0.2) is 8.42 Å². The van der Waals surface area contributed by atoms with Crippen molar-refractivity contribution in [1.82, 2.24) is 5.32 Å². The Kier molecular flexibility index (Phi) is 5.82. The second-order valence-corrected chi connectivity index (χ2v) is 7.96. The lowest BCUT2D eigenvalue weighted by molar-refractivity contribution is -0.154. The van der Waals surface area contributed by atoms with E-state index in [2.05, 4.69) is 5.32 Å². The van der Waals surface area contributed by atoms with Crippen LogP contribution in [-0.4, -0.2) is 51.1 Å². The molecule has 0 spiro atoms. The summed E-state index contributed by atoms with van der Waals surface area (Å²) in [6.07, 6.45) is -0.620. The zero-order valence-electron chi connectivity index (χ0n) is 13.7. The molecule has 132 valence electrons. The van der Waals surface area contributed by atoms with Crippen molar-refractivity contribution in [2.75, 3.05) is 18.6 Å². The molecule has 1 amide bonds. The van der Waals surface area contributed by atoms with Crippen molar-refractivity contribution in [3.05, 3.63) is 29.8 Å². The van der Waals surface area contributed by atoms with Crippen LogP contribution in [-0.2, 0) is 30.6 Å². The van der Waals surface area contributed by atoms with Gasteiger partial charge in [-0.15, -0.1) is 0 Å². The summed E-state index contributed by atoms with van der Waals surface area (Å²) in [4.78, 5) is 24.0. The molecule has 1 fully saturated rings. The standard InChI is InChI=1S/C16H21NO6S/c1-11(16(19)17-13-7-8-24(20,21)10-13)23-15(18)9-12-5-3-4-6-14(12)22-2/h3-6,11,13H,7-10H2,1-2H3,(H,17,19)/t11-,13+/m0/s1. The van der Waals surface area contributed by atoms with E-state index in [1.54, 1.807) is 24.3 Å². The average Bonchev–Trinajstić information content (AvgIpc) is 2.86. The highest BCUT2D eigenvalue weighted by molar-refractivity contribution is 7.91. The minimum Gasteiger partial charge on any atom is -0.496 e. The number of sulfone groups is 1. The van der Waals surface area contributed by atoms with Crippen LogP contribution >= 0.6 is 0 Å². The Morgan fingerprint density at radius 1 is 1.33 bits per heavy atom. The largest absolute Gasteiger partial charge is 0.496 e. The van der Waals surface area contributed by atoms with Crippen molar-refractivity contribution in [3.8, 4) is 5.75 Å².